The van der Waals surface area contributed by atoms with Gasteiger partial charge in [-0.2, -0.15) is 0 Å². The van der Waals surface area contributed by atoms with E-state index in [4.69, 9.17) is 15.4 Å². The monoisotopic (exact) mass is 558 g/mol. The van der Waals surface area contributed by atoms with E-state index in [2.05, 4.69) is 0 Å². The van der Waals surface area contributed by atoms with E-state index < -0.39 is 48.3 Å². The Labute approximate surface area is 266 Å². The summed E-state index contributed by atoms with van der Waals surface area (Å²) in [6.07, 6.45) is 0. The molecule has 8 aromatic carbocycles. The van der Waals surface area contributed by atoms with Gasteiger partial charge in [0.1, 0.15) is 11.2 Å². The first-order valence-electron chi connectivity index (χ1n) is 19.8. The standard InChI is InChI=1S/C42H26O/c1-2-15-31-27(11-1)12-10-21-32(31)28-13-9-14-29(25-28)41-34-17-3-5-19-36(34)42(37-20-6-4-18-35(37)41)30-23-24-40-38(26-30)33-16-7-8-22-39(33)43-40/h1-26H/i3D,4D,5D,6D,7D,8D,16D,17D,18D,19D,20D,22D. The van der Waals surface area contributed by atoms with Gasteiger partial charge in [-0.15, -0.1) is 0 Å². The van der Waals surface area contributed by atoms with Crippen molar-refractivity contribution < 1.29 is 20.9 Å². The second-order valence-corrected chi connectivity index (χ2v) is 10.4. The van der Waals surface area contributed by atoms with Crippen LogP contribution in [0.15, 0.2) is 162 Å². The van der Waals surface area contributed by atoms with Gasteiger partial charge in [0.05, 0.1) is 16.4 Å². The molecule has 0 bridgehead atoms. The Hall–Kier alpha value is -5.66. The smallest absolute Gasteiger partial charge is 0.135 e. The van der Waals surface area contributed by atoms with Crippen LogP contribution in [0.5, 0.6) is 0 Å². The van der Waals surface area contributed by atoms with Crippen LogP contribution in [-0.2, 0) is 0 Å². The molecule has 0 amide bonds. The van der Waals surface area contributed by atoms with Gasteiger partial charge in [-0.1, -0.05) is 133 Å². The molecule has 0 saturated carbocycles. The van der Waals surface area contributed by atoms with E-state index in [0.29, 0.717) is 16.5 Å². The van der Waals surface area contributed by atoms with Crippen molar-refractivity contribution >= 4 is 54.3 Å². The zero-order valence-corrected chi connectivity index (χ0v) is 22.5. The van der Waals surface area contributed by atoms with Crippen LogP contribution in [0.4, 0.5) is 0 Å². The van der Waals surface area contributed by atoms with Gasteiger partial charge >= 0.3 is 0 Å². The highest BCUT2D eigenvalue weighted by atomic mass is 16.3. The highest BCUT2D eigenvalue weighted by Gasteiger charge is 2.18. The van der Waals surface area contributed by atoms with Gasteiger partial charge < -0.3 is 4.42 Å². The molecule has 0 atom stereocenters. The zero-order valence-electron chi connectivity index (χ0n) is 34.5. The highest BCUT2D eigenvalue weighted by Crippen LogP contribution is 2.45. The molecule has 0 radical (unpaired) electrons. The number of rotatable bonds is 3. The van der Waals surface area contributed by atoms with Crippen LogP contribution < -0.4 is 0 Å². The Morgan fingerprint density at radius 1 is 0.395 bits per heavy atom. The van der Waals surface area contributed by atoms with Gasteiger partial charge in [0.25, 0.3) is 0 Å². The van der Waals surface area contributed by atoms with Crippen molar-refractivity contribution in [3.63, 3.8) is 0 Å². The Morgan fingerprint density at radius 3 is 1.72 bits per heavy atom. The van der Waals surface area contributed by atoms with E-state index in [-0.39, 0.29) is 73.4 Å². The molecule has 0 aliphatic heterocycles. The predicted molar refractivity (Wildman–Crippen MR) is 183 cm³/mol. The van der Waals surface area contributed by atoms with Crippen LogP contribution >= 0.6 is 0 Å². The van der Waals surface area contributed by atoms with Gasteiger partial charge in [0.15, 0.2) is 0 Å². The molecule has 200 valence electrons. The summed E-state index contributed by atoms with van der Waals surface area (Å²) in [4.78, 5) is 0. The maximum absolute atomic E-state index is 9.32. The average molecular weight is 559 g/mol. The molecule has 43 heavy (non-hydrogen) atoms. The first-order valence-corrected chi connectivity index (χ1v) is 13.8. The summed E-state index contributed by atoms with van der Waals surface area (Å²) >= 11 is 0. The van der Waals surface area contributed by atoms with Gasteiger partial charge in [-0.05, 0) is 89.9 Å². The maximum atomic E-state index is 9.32. The number of furan rings is 1. The minimum Gasteiger partial charge on any atom is -0.456 e. The van der Waals surface area contributed by atoms with E-state index in [0.717, 1.165) is 21.9 Å². The predicted octanol–water partition coefficient (Wildman–Crippen LogP) is 12.0. The second-order valence-electron chi connectivity index (χ2n) is 10.4. The van der Waals surface area contributed by atoms with E-state index in [1.165, 1.54) is 0 Å². The van der Waals surface area contributed by atoms with Crippen LogP contribution in [0.25, 0.3) is 87.6 Å². The Bertz CT molecular complexity index is 3100. The Kier molecular flexibility index (Phi) is 3.29. The van der Waals surface area contributed by atoms with Gasteiger partial charge in [0.2, 0.25) is 0 Å². The molecule has 0 fully saturated rings. The molecule has 0 N–H and O–H groups in total. The summed E-state index contributed by atoms with van der Waals surface area (Å²) in [5, 5.41) is 2.61. The molecule has 0 aliphatic carbocycles. The number of hydrogen-bond donors (Lipinski definition) is 0. The molecule has 0 saturated heterocycles. The molecule has 1 heteroatoms. The SMILES string of the molecule is [2H]c1c([2H])c([2H])c2c(oc3ccc(-c4c5c([2H])c([2H])c([2H])c([2H])c5c(-c5cccc(-c6cccc7ccccc67)c5)c5c([2H])c([2H])c([2H])c([2H])c45)cc32)c1[2H]. The normalized spacial score (nSPS) is 15.6. The van der Waals surface area contributed by atoms with Crippen molar-refractivity contribution in [1.29, 1.82) is 0 Å². The molecule has 1 nitrogen and oxygen atoms in total. The van der Waals surface area contributed by atoms with Crippen molar-refractivity contribution in [1.82, 2.24) is 0 Å². The van der Waals surface area contributed by atoms with Crippen molar-refractivity contribution in [2.24, 2.45) is 0 Å². The minimum atomic E-state index is -0.529. The van der Waals surface area contributed by atoms with Crippen molar-refractivity contribution in [2.75, 3.05) is 0 Å². The number of fused-ring (bicyclic) bond motifs is 6. The van der Waals surface area contributed by atoms with E-state index in [9.17, 15) is 5.48 Å². The zero-order chi connectivity index (χ0) is 38.8. The lowest BCUT2D eigenvalue weighted by atomic mass is 9.85. The van der Waals surface area contributed by atoms with Crippen LogP contribution in [-0.4, -0.2) is 0 Å². The minimum absolute atomic E-state index is 0.0307. The summed E-state index contributed by atoms with van der Waals surface area (Å²) in [7, 11) is 0. The van der Waals surface area contributed by atoms with Crippen LogP contribution in [0.3, 0.4) is 0 Å². The Balaban J connectivity index is 1.48. The van der Waals surface area contributed by atoms with E-state index in [1.807, 2.05) is 60.7 Å². The molecule has 0 unspecified atom stereocenters. The fourth-order valence-electron chi connectivity index (χ4n) is 6.17. The quantitative estimate of drug-likeness (QED) is 0.197. The number of benzene rings is 8. The molecular formula is C42H26O. The van der Waals surface area contributed by atoms with Gasteiger partial charge in [0, 0.05) is 10.8 Å². The lowest BCUT2D eigenvalue weighted by molar-refractivity contribution is 0.669. The topological polar surface area (TPSA) is 13.1 Å². The van der Waals surface area contributed by atoms with Crippen molar-refractivity contribution in [2.45, 2.75) is 0 Å². The van der Waals surface area contributed by atoms with Crippen molar-refractivity contribution in [3.05, 3.63) is 157 Å². The van der Waals surface area contributed by atoms with Crippen molar-refractivity contribution in [3.8, 4) is 33.4 Å². The van der Waals surface area contributed by atoms with Crippen LogP contribution in [0.1, 0.15) is 16.4 Å². The fraction of sp³-hybridized carbons (Fsp3) is 0. The van der Waals surface area contributed by atoms with E-state index >= 15 is 0 Å². The molecular weight excluding hydrogens is 520 g/mol. The average Bonchev–Trinajstić information content (AvgIpc) is 3.59. The largest absolute Gasteiger partial charge is 0.456 e. The first kappa shape index (κ1) is 15.0. The molecule has 0 spiro atoms. The summed E-state index contributed by atoms with van der Waals surface area (Å²) in [5.74, 6) is 0. The van der Waals surface area contributed by atoms with Gasteiger partial charge in [-0.3, -0.25) is 0 Å². The first-order chi connectivity index (χ1) is 26.3. The van der Waals surface area contributed by atoms with Crippen LogP contribution in [0, 0.1) is 0 Å². The lowest BCUT2D eigenvalue weighted by Gasteiger charge is -2.18. The Morgan fingerprint density at radius 2 is 0.977 bits per heavy atom. The number of hydrogen-bond acceptors (Lipinski definition) is 1. The third-order valence-electron chi connectivity index (χ3n) is 8.03. The summed E-state index contributed by atoms with van der Waals surface area (Å²) in [5.41, 5.74) is 3.01. The molecule has 9 rings (SSSR count). The number of para-hydroxylation sites is 1. The third-order valence-corrected chi connectivity index (χ3v) is 8.03. The highest BCUT2D eigenvalue weighted by molar-refractivity contribution is 6.22. The van der Waals surface area contributed by atoms with E-state index in [1.54, 1.807) is 24.3 Å². The molecule has 9 aromatic rings. The summed E-state index contributed by atoms with van der Waals surface area (Å²) in [6, 6.07) is 20.7. The van der Waals surface area contributed by atoms with Gasteiger partial charge in [-0.25, -0.2) is 0 Å². The molecule has 0 aliphatic rings. The summed E-state index contributed by atoms with van der Waals surface area (Å²) < 4.78 is 112. The lowest BCUT2D eigenvalue weighted by Crippen LogP contribution is -1.91. The fourth-order valence-corrected chi connectivity index (χ4v) is 6.17. The second kappa shape index (κ2) is 9.44. The molecule has 1 heterocycles. The molecule has 1 aromatic heterocycles. The maximum Gasteiger partial charge on any atom is 0.135 e. The van der Waals surface area contributed by atoms with Crippen LogP contribution in [0.2, 0.25) is 0 Å². The summed E-state index contributed by atoms with van der Waals surface area (Å²) in [6.45, 7) is 0. The third kappa shape index (κ3) is 3.72.